The lowest BCUT2D eigenvalue weighted by Gasteiger charge is -2.32. The van der Waals surface area contributed by atoms with Crippen molar-refractivity contribution in [3.05, 3.63) is 53.2 Å². The fourth-order valence-corrected chi connectivity index (χ4v) is 3.85. The maximum Gasteiger partial charge on any atom is 0.246 e. The Balaban J connectivity index is 1.65. The van der Waals surface area contributed by atoms with Gasteiger partial charge in [0, 0.05) is 69.7 Å². The number of nitrogen functional groups attached to an aromatic ring is 1. The number of aromatic nitrogens is 1. The molecule has 1 aromatic heterocycles. The molecule has 1 fully saturated rings. The molecular formula is C26H37N5O3. The summed E-state index contributed by atoms with van der Waals surface area (Å²) in [5, 5.41) is 0. The normalized spacial score (nSPS) is 14.9. The van der Waals surface area contributed by atoms with Crippen molar-refractivity contribution in [2.45, 2.75) is 26.4 Å². The van der Waals surface area contributed by atoms with E-state index in [-0.39, 0.29) is 5.91 Å². The average molecular weight is 468 g/mol. The van der Waals surface area contributed by atoms with Crippen LogP contribution in [0.1, 0.15) is 30.0 Å². The van der Waals surface area contributed by atoms with E-state index < -0.39 is 0 Å². The third-order valence-corrected chi connectivity index (χ3v) is 5.95. The Hall–Kier alpha value is -3.10. The molecule has 0 saturated carbocycles. The molecule has 0 unspecified atom stereocenters. The van der Waals surface area contributed by atoms with Crippen molar-refractivity contribution >= 4 is 17.8 Å². The van der Waals surface area contributed by atoms with E-state index in [0.717, 1.165) is 55.8 Å². The number of carbonyl (C=O) groups excluding carboxylic acids is 1. The van der Waals surface area contributed by atoms with Crippen LogP contribution in [-0.4, -0.2) is 79.6 Å². The van der Waals surface area contributed by atoms with Gasteiger partial charge in [-0.3, -0.25) is 9.69 Å². The molecule has 0 spiro atoms. The first-order valence-electron chi connectivity index (χ1n) is 11.8. The van der Waals surface area contributed by atoms with Gasteiger partial charge in [-0.25, -0.2) is 4.98 Å². The van der Waals surface area contributed by atoms with Gasteiger partial charge in [-0.1, -0.05) is 19.1 Å². The highest BCUT2D eigenvalue weighted by molar-refractivity contribution is 5.91. The quantitative estimate of drug-likeness (QED) is 0.538. The van der Waals surface area contributed by atoms with E-state index in [1.807, 2.05) is 24.3 Å². The molecule has 184 valence electrons. The summed E-state index contributed by atoms with van der Waals surface area (Å²) in [6, 6.07) is 7.74. The monoisotopic (exact) mass is 467 g/mol. The van der Waals surface area contributed by atoms with Crippen LogP contribution in [0.3, 0.4) is 0 Å². The van der Waals surface area contributed by atoms with Crippen molar-refractivity contribution in [1.82, 2.24) is 19.7 Å². The largest absolute Gasteiger partial charge is 0.493 e. The molecule has 0 bridgehead atoms. The molecule has 3 rings (SSSR count). The number of nitrogens with two attached hydrogens (primary N) is 1. The number of likely N-dealkylation sites (N-methyl/N-ethyl adjacent to an activating group) is 2. The van der Waals surface area contributed by atoms with E-state index in [4.69, 9.17) is 15.2 Å². The minimum absolute atomic E-state index is 0.110. The molecule has 1 aromatic carbocycles. The van der Waals surface area contributed by atoms with Crippen molar-refractivity contribution < 1.29 is 14.3 Å². The molecule has 8 nitrogen and oxygen atoms in total. The predicted molar refractivity (Wildman–Crippen MR) is 136 cm³/mol. The molecule has 34 heavy (non-hydrogen) atoms. The zero-order valence-electron chi connectivity index (χ0n) is 20.8. The highest BCUT2D eigenvalue weighted by atomic mass is 16.5. The molecular weight excluding hydrogens is 430 g/mol. The maximum atomic E-state index is 12.8. The molecule has 0 radical (unpaired) electrons. The Kier molecular flexibility index (Phi) is 9.30. The van der Waals surface area contributed by atoms with Crippen molar-refractivity contribution in [2.75, 3.05) is 59.7 Å². The second-order valence-electron chi connectivity index (χ2n) is 8.72. The first-order valence-corrected chi connectivity index (χ1v) is 11.8. The van der Waals surface area contributed by atoms with E-state index in [1.54, 1.807) is 37.4 Å². The maximum absolute atomic E-state index is 12.8. The molecule has 0 aliphatic carbocycles. The van der Waals surface area contributed by atoms with Gasteiger partial charge in [0.05, 0.1) is 13.7 Å². The number of piperazine rings is 1. The van der Waals surface area contributed by atoms with E-state index in [1.165, 1.54) is 0 Å². The number of carbonyl (C=O) groups is 1. The highest BCUT2D eigenvalue weighted by Gasteiger charge is 2.16. The summed E-state index contributed by atoms with van der Waals surface area (Å²) in [7, 11) is 5.53. The number of pyridine rings is 1. The lowest BCUT2D eigenvalue weighted by atomic mass is 10.1. The molecule has 2 aromatic rings. The molecule has 0 atom stereocenters. The Morgan fingerprint density at radius 1 is 1.24 bits per heavy atom. The molecule has 8 heteroatoms. The smallest absolute Gasteiger partial charge is 0.246 e. The van der Waals surface area contributed by atoms with Gasteiger partial charge in [0.1, 0.15) is 5.82 Å². The Labute approximate surface area is 202 Å². The lowest BCUT2D eigenvalue weighted by molar-refractivity contribution is -0.125. The number of anilines is 1. The van der Waals surface area contributed by atoms with Gasteiger partial charge in [0.15, 0.2) is 11.5 Å². The summed E-state index contributed by atoms with van der Waals surface area (Å²) in [4.78, 5) is 23.5. The zero-order chi connectivity index (χ0) is 24.5. The van der Waals surface area contributed by atoms with E-state index in [9.17, 15) is 4.79 Å². The van der Waals surface area contributed by atoms with Crippen LogP contribution in [0.25, 0.3) is 6.08 Å². The third-order valence-electron chi connectivity index (χ3n) is 5.95. The Morgan fingerprint density at radius 3 is 2.71 bits per heavy atom. The SMILES string of the molecule is CCCOc1c(CN(C)C(=O)/C=C/c2cnc(N)c(CN3CCN(C)CC3)c2)cccc1OC. The highest BCUT2D eigenvalue weighted by Crippen LogP contribution is 2.32. The van der Waals surface area contributed by atoms with Crippen LogP contribution in [0.2, 0.25) is 0 Å². The molecule has 1 amide bonds. The standard InChI is InChI=1S/C26H37N5O3/c1-5-15-34-25-21(7-6-8-23(25)33-4)18-30(3)24(32)10-9-20-16-22(26(27)28-17-20)19-31-13-11-29(2)12-14-31/h6-10,16-17H,5,11-15,18-19H2,1-4H3,(H2,27,28)/b10-9+. The topological polar surface area (TPSA) is 84.2 Å². The molecule has 2 heterocycles. The van der Waals surface area contributed by atoms with Crippen LogP contribution in [0.4, 0.5) is 5.82 Å². The summed E-state index contributed by atoms with van der Waals surface area (Å²) >= 11 is 0. The number of ether oxygens (including phenoxy) is 2. The summed E-state index contributed by atoms with van der Waals surface area (Å²) < 4.78 is 11.3. The summed E-state index contributed by atoms with van der Waals surface area (Å²) in [6.07, 6.45) is 5.95. The van der Waals surface area contributed by atoms with Gasteiger partial charge < -0.3 is 25.0 Å². The van der Waals surface area contributed by atoms with Gasteiger partial charge in [0.25, 0.3) is 0 Å². The van der Waals surface area contributed by atoms with Crippen molar-refractivity contribution in [3.8, 4) is 11.5 Å². The second-order valence-corrected chi connectivity index (χ2v) is 8.72. The number of nitrogens with zero attached hydrogens (tertiary/aromatic N) is 4. The number of rotatable bonds is 10. The van der Waals surface area contributed by atoms with E-state index in [2.05, 4.69) is 28.8 Å². The number of hydrogen-bond acceptors (Lipinski definition) is 7. The van der Waals surface area contributed by atoms with Crippen molar-refractivity contribution in [1.29, 1.82) is 0 Å². The number of methoxy groups -OCH3 is 1. The number of hydrogen-bond donors (Lipinski definition) is 1. The van der Waals surface area contributed by atoms with E-state index >= 15 is 0 Å². The van der Waals surface area contributed by atoms with Gasteiger partial charge in [-0.15, -0.1) is 0 Å². The molecule has 1 aliphatic heterocycles. The van der Waals surface area contributed by atoms with Crippen LogP contribution in [0.15, 0.2) is 36.5 Å². The number of para-hydroxylation sites is 1. The summed E-state index contributed by atoms with van der Waals surface area (Å²) in [5.41, 5.74) is 8.87. The molecule has 2 N–H and O–H groups in total. The second kappa shape index (κ2) is 12.4. The first kappa shape index (κ1) is 25.5. The fourth-order valence-electron chi connectivity index (χ4n) is 3.85. The average Bonchev–Trinajstić information content (AvgIpc) is 2.84. The lowest BCUT2D eigenvalue weighted by Crippen LogP contribution is -2.44. The van der Waals surface area contributed by atoms with Crippen molar-refractivity contribution in [2.24, 2.45) is 0 Å². The van der Waals surface area contributed by atoms with Gasteiger partial charge in [-0.2, -0.15) is 0 Å². The first-order chi connectivity index (χ1) is 16.4. The van der Waals surface area contributed by atoms with Gasteiger partial charge >= 0.3 is 0 Å². The Bertz CT molecular complexity index is 986. The minimum atomic E-state index is -0.110. The van der Waals surface area contributed by atoms with Crippen LogP contribution in [0.5, 0.6) is 11.5 Å². The van der Waals surface area contributed by atoms with Gasteiger partial charge in [-0.05, 0) is 37.2 Å². The number of amides is 1. The zero-order valence-corrected chi connectivity index (χ0v) is 20.8. The summed E-state index contributed by atoms with van der Waals surface area (Å²) in [5.74, 6) is 1.79. The fraction of sp³-hybridized carbons (Fsp3) is 0.462. The molecule has 1 aliphatic rings. The van der Waals surface area contributed by atoms with Crippen molar-refractivity contribution in [3.63, 3.8) is 0 Å². The van der Waals surface area contributed by atoms with E-state index in [0.29, 0.717) is 30.5 Å². The predicted octanol–water partition coefficient (Wildman–Crippen LogP) is 2.88. The number of benzene rings is 1. The Morgan fingerprint density at radius 2 is 2.00 bits per heavy atom. The van der Waals surface area contributed by atoms with Crippen LogP contribution >= 0.6 is 0 Å². The molecule has 1 saturated heterocycles. The van der Waals surface area contributed by atoms with Gasteiger partial charge in [0.2, 0.25) is 5.91 Å². The van der Waals surface area contributed by atoms with Crippen LogP contribution in [0, 0.1) is 0 Å². The van der Waals surface area contributed by atoms with Crippen LogP contribution in [-0.2, 0) is 17.9 Å². The third kappa shape index (κ3) is 6.95. The summed E-state index contributed by atoms with van der Waals surface area (Å²) in [6.45, 7) is 7.93. The minimum Gasteiger partial charge on any atom is -0.493 e. The van der Waals surface area contributed by atoms with Crippen LogP contribution < -0.4 is 15.2 Å².